The van der Waals surface area contributed by atoms with E-state index in [1.54, 1.807) is 37.4 Å². The van der Waals surface area contributed by atoms with Gasteiger partial charge in [-0.05, 0) is 63.4 Å². The average Bonchev–Trinajstić information content (AvgIpc) is 2.75. The lowest BCUT2D eigenvalue weighted by molar-refractivity contribution is 0.0690. The molecule has 31 heavy (non-hydrogen) atoms. The van der Waals surface area contributed by atoms with Crippen LogP contribution in [0.2, 0.25) is 0 Å². The number of aryl methyl sites for hydroxylation is 1. The van der Waals surface area contributed by atoms with E-state index in [4.69, 9.17) is 13.9 Å². The summed E-state index contributed by atoms with van der Waals surface area (Å²) in [6.45, 7) is 8.33. The van der Waals surface area contributed by atoms with Crippen molar-refractivity contribution < 1.29 is 18.7 Å². The Hall–Kier alpha value is -2.61. The first-order chi connectivity index (χ1) is 14.8. The summed E-state index contributed by atoms with van der Waals surface area (Å²) < 4.78 is 20.1. The molecule has 1 unspecified atom stereocenters. The van der Waals surface area contributed by atoms with E-state index in [2.05, 4.69) is 4.72 Å². The molecule has 6 nitrogen and oxygen atoms in total. The second-order valence-corrected chi connectivity index (χ2v) is 8.45. The van der Waals surface area contributed by atoms with Gasteiger partial charge in [-0.3, -0.25) is 14.3 Å². The highest BCUT2D eigenvalue weighted by molar-refractivity contribution is 8.12. The Balaban J connectivity index is 1.77. The van der Waals surface area contributed by atoms with E-state index in [1.807, 2.05) is 33.8 Å². The molecule has 0 spiro atoms. The van der Waals surface area contributed by atoms with Gasteiger partial charge in [-0.15, -0.1) is 0 Å². The molecule has 0 amide bonds. The van der Waals surface area contributed by atoms with Crippen LogP contribution in [0.15, 0.2) is 51.7 Å². The number of ether oxygens (including phenoxy) is 2. The Morgan fingerprint density at radius 2 is 1.84 bits per heavy atom. The topological polar surface area (TPSA) is 77.8 Å². The van der Waals surface area contributed by atoms with E-state index < -0.39 is 0 Å². The molecular formula is C24H27NO5S. The lowest BCUT2D eigenvalue weighted by Crippen LogP contribution is -2.27. The van der Waals surface area contributed by atoms with Crippen molar-refractivity contribution >= 4 is 28.0 Å². The van der Waals surface area contributed by atoms with Crippen LogP contribution in [0.3, 0.4) is 0 Å². The molecule has 0 saturated carbocycles. The summed E-state index contributed by atoms with van der Waals surface area (Å²) in [6, 6.07) is 12.1. The van der Waals surface area contributed by atoms with Crippen molar-refractivity contribution in [1.29, 1.82) is 0 Å². The lowest BCUT2D eigenvalue weighted by atomic mass is 10.1. The molecule has 0 radical (unpaired) electrons. The number of benzene rings is 2. The van der Waals surface area contributed by atoms with E-state index in [9.17, 15) is 9.59 Å². The van der Waals surface area contributed by atoms with E-state index >= 15 is 0 Å². The van der Waals surface area contributed by atoms with Gasteiger partial charge in [-0.1, -0.05) is 18.2 Å². The Kier molecular flexibility index (Phi) is 7.54. The monoisotopic (exact) mass is 441 g/mol. The van der Waals surface area contributed by atoms with Gasteiger partial charge in [0.1, 0.15) is 5.76 Å². The fourth-order valence-corrected chi connectivity index (χ4v) is 3.67. The van der Waals surface area contributed by atoms with Gasteiger partial charge in [-0.25, -0.2) is 0 Å². The van der Waals surface area contributed by atoms with Crippen molar-refractivity contribution in [3.05, 3.63) is 63.8 Å². The maximum Gasteiger partial charge on any atom is 0.234 e. The Morgan fingerprint density at radius 3 is 2.48 bits per heavy atom. The molecule has 7 heteroatoms. The maximum atomic E-state index is 12.6. The number of hydrogen-bond acceptors (Lipinski definition) is 7. The van der Waals surface area contributed by atoms with E-state index in [-0.39, 0.29) is 22.7 Å². The van der Waals surface area contributed by atoms with Crippen molar-refractivity contribution in [2.24, 2.45) is 0 Å². The van der Waals surface area contributed by atoms with Crippen molar-refractivity contribution in [2.45, 2.75) is 39.8 Å². The van der Waals surface area contributed by atoms with Gasteiger partial charge in [0.2, 0.25) is 5.12 Å². The Morgan fingerprint density at radius 1 is 1.13 bits per heavy atom. The third-order valence-corrected chi connectivity index (χ3v) is 5.63. The van der Waals surface area contributed by atoms with Crippen molar-refractivity contribution in [3.63, 3.8) is 0 Å². The molecule has 1 aromatic heterocycles. The first-order valence-electron chi connectivity index (χ1n) is 10.1. The number of carbonyl (C=O) groups is 1. The zero-order chi connectivity index (χ0) is 22.5. The third kappa shape index (κ3) is 5.55. The summed E-state index contributed by atoms with van der Waals surface area (Å²) >= 11 is 1.04. The number of fused-ring (bicyclic) bond motifs is 1. The van der Waals surface area contributed by atoms with Crippen LogP contribution in [0.4, 0.5) is 0 Å². The summed E-state index contributed by atoms with van der Waals surface area (Å²) in [6.07, 6.45) is 0.150. The van der Waals surface area contributed by atoms with Crippen molar-refractivity contribution in [3.8, 4) is 17.1 Å². The average molecular weight is 442 g/mol. The van der Waals surface area contributed by atoms with Gasteiger partial charge in [0.15, 0.2) is 16.8 Å². The molecule has 1 atom stereocenters. The first-order valence-corrected chi connectivity index (χ1v) is 10.9. The number of nitrogens with one attached hydrogen (secondary N) is 1. The van der Waals surface area contributed by atoms with Crippen LogP contribution in [0.25, 0.3) is 22.3 Å². The predicted molar refractivity (Wildman–Crippen MR) is 125 cm³/mol. The van der Waals surface area contributed by atoms with Crippen LogP contribution in [-0.4, -0.2) is 31.0 Å². The number of hydrogen-bond donors (Lipinski definition) is 1. The van der Waals surface area contributed by atoms with Crippen LogP contribution < -0.4 is 14.9 Å². The maximum absolute atomic E-state index is 12.6. The van der Waals surface area contributed by atoms with Crippen LogP contribution >= 0.6 is 11.9 Å². The Bertz CT molecular complexity index is 1120. The SMILES string of the molecule is COc1c(C)ccc2c(=O)cc(-c3ccc(C(=O)SNC(C)COC(C)C)cc3)oc12. The molecule has 2 aromatic carbocycles. The van der Waals surface area contributed by atoms with Gasteiger partial charge in [-0.2, -0.15) is 0 Å². The molecular weight excluding hydrogens is 414 g/mol. The fourth-order valence-electron chi connectivity index (χ4n) is 3.04. The standard InChI is InChI=1S/C24H27NO5S/c1-14(2)29-13-16(4)25-31-24(27)18-9-7-17(8-10-18)21-12-20(26)19-11-6-15(3)22(28-5)23(19)30-21/h6-12,14,16,25H,13H2,1-5H3. The minimum Gasteiger partial charge on any atom is -0.493 e. The van der Waals surface area contributed by atoms with Crippen LogP contribution in [0.5, 0.6) is 5.75 Å². The molecule has 0 fully saturated rings. The lowest BCUT2D eigenvalue weighted by Gasteiger charge is -2.14. The second-order valence-electron chi connectivity index (χ2n) is 7.64. The van der Waals surface area contributed by atoms with Crippen LogP contribution in [0.1, 0.15) is 36.7 Å². The van der Waals surface area contributed by atoms with E-state index in [0.29, 0.717) is 40.2 Å². The molecule has 1 heterocycles. The minimum atomic E-state index is -0.146. The van der Waals surface area contributed by atoms with Crippen molar-refractivity contribution in [1.82, 2.24) is 4.72 Å². The molecule has 3 rings (SSSR count). The van der Waals surface area contributed by atoms with Crippen molar-refractivity contribution in [2.75, 3.05) is 13.7 Å². The molecule has 0 aliphatic carbocycles. The minimum absolute atomic E-state index is 0.0425. The summed E-state index contributed by atoms with van der Waals surface area (Å²) in [4.78, 5) is 25.0. The normalized spacial score (nSPS) is 12.3. The van der Waals surface area contributed by atoms with Crippen LogP contribution in [0, 0.1) is 6.92 Å². The van der Waals surface area contributed by atoms with Gasteiger partial charge in [0.05, 0.1) is 25.2 Å². The largest absolute Gasteiger partial charge is 0.493 e. The fraction of sp³-hybridized carbons (Fsp3) is 0.333. The zero-order valence-electron chi connectivity index (χ0n) is 18.4. The van der Waals surface area contributed by atoms with Crippen LogP contribution in [-0.2, 0) is 4.74 Å². The smallest absolute Gasteiger partial charge is 0.234 e. The molecule has 0 saturated heterocycles. The summed E-state index contributed by atoms with van der Waals surface area (Å²) in [5.41, 5.74) is 2.41. The van der Waals surface area contributed by atoms with E-state index in [0.717, 1.165) is 17.5 Å². The quantitative estimate of drug-likeness (QED) is 0.495. The van der Waals surface area contributed by atoms with Gasteiger partial charge in [0, 0.05) is 23.2 Å². The molecule has 0 bridgehead atoms. The second kappa shape index (κ2) is 10.1. The molecule has 1 N–H and O–H groups in total. The first kappa shape index (κ1) is 23.1. The molecule has 0 aliphatic rings. The number of rotatable bonds is 8. The summed E-state index contributed by atoms with van der Waals surface area (Å²) in [5.74, 6) is 0.965. The summed E-state index contributed by atoms with van der Waals surface area (Å²) in [5, 5.41) is 0.372. The third-order valence-electron chi connectivity index (χ3n) is 4.69. The van der Waals surface area contributed by atoms with E-state index in [1.165, 1.54) is 6.07 Å². The zero-order valence-corrected chi connectivity index (χ0v) is 19.2. The highest BCUT2D eigenvalue weighted by Crippen LogP contribution is 2.31. The predicted octanol–water partition coefficient (Wildman–Crippen LogP) is 4.97. The van der Waals surface area contributed by atoms with Gasteiger partial charge >= 0.3 is 0 Å². The molecule has 164 valence electrons. The molecule has 3 aromatic rings. The number of carbonyl (C=O) groups excluding carboxylic acids is 1. The summed E-state index contributed by atoms with van der Waals surface area (Å²) in [7, 11) is 1.55. The van der Waals surface area contributed by atoms with Gasteiger partial charge in [0.25, 0.3) is 0 Å². The Labute approximate surface area is 186 Å². The van der Waals surface area contributed by atoms with Gasteiger partial charge < -0.3 is 13.9 Å². The highest BCUT2D eigenvalue weighted by Gasteiger charge is 2.14. The number of methoxy groups -OCH3 is 1. The highest BCUT2D eigenvalue weighted by atomic mass is 32.2. The molecule has 0 aliphatic heterocycles.